The second-order valence-electron chi connectivity index (χ2n) is 5.50. The third-order valence-electron chi connectivity index (χ3n) is 3.28. The van der Waals surface area contributed by atoms with E-state index in [0.717, 1.165) is 29.8 Å². The maximum atomic E-state index is 11.5. The maximum Gasteiger partial charge on any atom is 0.229 e. The van der Waals surface area contributed by atoms with E-state index in [-0.39, 0.29) is 0 Å². The summed E-state index contributed by atoms with van der Waals surface area (Å²) in [6.07, 6.45) is 3.84. The van der Waals surface area contributed by atoms with Crippen molar-refractivity contribution in [3.8, 4) is 0 Å². The Kier molecular flexibility index (Phi) is 6.77. The molecule has 0 aliphatic rings. The van der Waals surface area contributed by atoms with Crippen LogP contribution in [0.5, 0.6) is 0 Å². The molecule has 1 aromatic heterocycles. The fourth-order valence-corrected chi connectivity index (χ4v) is 3.56. The first-order valence-electron chi connectivity index (χ1n) is 7.79. The van der Waals surface area contributed by atoms with Crippen molar-refractivity contribution in [3.63, 3.8) is 0 Å². The number of aliphatic imine (C=N–C) groups is 1. The molecule has 0 radical (unpaired) electrons. The average molecular weight is 382 g/mol. The first-order chi connectivity index (χ1) is 11.9. The van der Waals surface area contributed by atoms with E-state index >= 15 is 0 Å². The summed E-state index contributed by atoms with van der Waals surface area (Å²) in [7, 11) is -1.62. The second kappa shape index (κ2) is 8.82. The van der Waals surface area contributed by atoms with Crippen molar-refractivity contribution in [2.45, 2.75) is 19.9 Å². The van der Waals surface area contributed by atoms with E-state index in [2.05, 4.69) is 25.3 Å². The van der Waals surface area contributed by atoms with Crippen LogP contribution in [0.3, 0.4) is 0 Å². The van der Waals surface area contributed by atoms with Crippen molar-refractivity contribution in [1.29, 1.82) is 0 Å². The van der Waals surface area contributed by atoms with E-state index in [1.165, 1.54) is 4.88 Å². The van der Waals surface area contributed by atoms with Gasteiger partial charge in [-0.2, -0.15) is 0 Å². The summed E-state index contributed by atoms with van der Waals surface area (Å²) in [6, 6.07) is 7.26. The molecule has 0 fully saturated rings. The summed E-state index contributed by atoms with van der Waals surface area (Å²) in [6.45, 7) is 3.21. The first-order valence-corrected chi connectivity index (χ1v) is 10.5. The quantitative estimate of drug-likeness (QED) is 0.501. The standard InChI is InChI=1S/C16H23N5O2S2/c1-12-10-19-15(24-12)8-9-18-16(17-2)20-11-13-6-4-5-7-14(13)21-25(3,22)23/h4-7,10,21H,8-9,11H2,1-3H3,(H2,17,18,20). The van der Waals surface area contributed by atoms with E-state index in [1.54, 1.807) is 30.5 Å². The summed E-state index contributed by atoms with van der Waals surface area (Å²) in [5, 5.41) is 7.51. The lowest BCUT2D eigenvalue weighted by molar-refractivity contribution is 0.606. The average Bonchev–Trinajstić information content (AvgIpc) is 2.96. The zero-order valence-corrected chi connectivity index (χ0v) is 16.2. The molecule has 0 amide bonds. The molecule has 0 bridgehead atoms. The highest BCUT2D eigenvalue weighted by Gasteiger charge is 2.07. The minimum absolute atomic E-state index is 0.453. The van der Waals surface area contributed by atoms with Crippen LogP contribution in [0.15, 0.2) is 35.5 Å². The third-order valence-corrected chi connectivity index (χ3v) is 4.85. The zero-order chi connectivity index (χ0) is 18.3. The van der Waals surface area contributed by atoms with E-state index in [4.69, 9.17) is 0 Å². The number of guanidine groups is 1. The highest BCUT2D eigenvalue weighted by Crippen LogP contribution is 2.16. The number of thiazole rings is 1. The Morgan fingerprint density at radius 1 is 1.28 bits per heavy atom. The van der Waals surface area contributed by atoms with E-state index in [0.29, 0.717) is 18.2 Å². The molecule has 0 atom stereocenters. The molecule has 0 aliphatic heterocycles. The third kappa shape index (κ3) is 6.71. The minimum Gasteiger partial charge on any atom is -0.356 e. The molecular weight excluding hydrogens is 358 g/mol. The number of rotatable bonds is 7. The Labute approximate surface area is 152 Å². The molecule has 2 aromatic rings. The van der Waals surface area contributed by atoms with Gasteiger partial charge in [0.05, 0.1) is 17.0 Å². The van der Waals surface area contributed by atoms with Crippen molar-refractivity contribution in [1.82, 2.24) is 15.6 Å². The molecule has 3 N–H and O–H groups in total. The molecule has 1 heterocycles. The maximum absolute atomic E-state index is 11.5. The number of nitrogens with zero attached hydrogens (tertiary/aromatic N) is 2. The molecule has 0 saturated carbocycles. The molecular formula is C16H23N5O2S2. The lowest BCUT2D eigenvalue weighted by atomic mass is 10.2. The Balaban J connectivity index is 1.88. The summed E-state index contributed by atoms with van der Waals surface area (Å²) in [4.78, 5) is 9.71. The Morgan fingerprint density at radius 3 is 2.68 bits per heavy atom. The van der Waals surface area contributed by atoms with Crippen LogP contribution in [0, 0.1) is 6.92 Å². The van der Waals surface area contributed by atoms with Crippen LogP contribution < -0.4 is 15.4 Å². The number of aromatic nitrogens is 1. The summed E-state index contributed by atoms with van der Waals surface area (Å²) in [5.74, 6) is 0.655. The van der Waals surface area contributed by atoms with Gasteiger partial charge in [-0.15, -0.1) is 11.3 Å². The van der Waals surface area contributed by atoms with Gasteiger partial charge in [-0.3, -0.25) is 9.71 Å². The van der Waals surface area contributed by atoms with Crippen molar-refractivity contribution in [3.05, 3.63) is 45.9 Å². The van der Waals surface area contributed by atoms with Crippen LogP contribution in [0.25, 0.3) is 0 Å². The highest BCUT2D eigenvalue weighted by atomic mass is 32.2. The number of hydrogen-bond donors (Lipinski definition) is 3. The van der Waals surface area contributed by atoms with Crippen molar-refractivity contribution in [2.75, 3.05) is 24.6 Å². The van der Waals surface area contributed by atoms with Gasteiger partial charge in [-0.05, 0) is 18.6 Å². The summed E-state index contributed by atoms with van der Waals surface area (Å²) < 4.78 is 25.4. The molecule has 2 rings (SSSR count). The predicted octanol–water partition coefficient (Wildman–Crippen LogP) is 1.73. The fourth-order valence-electron chi connectivity index (χ4n) is 2.18. The first kappa shape index (κ1) is 19.2. The van der Waals surface area contributed by atoms with Crippen LogP contribution in [-0.4, -0.2) is 39.2 Å². The van der Waals surface area contributed by atoms with Gasteiger partial charge in [-0.25, -0.2) is 13.4 Å². The summed E-state index contributed by atoms with van der Waals surface area (Å²) in [5.41, 5.74) is 1.40. The molecule has 0 spiro atoms. The molecule has 7 nitrogen and oxygen atoms in total. The van der Waals surface area contributed by atoms with Gasteiger partial charge in [0.1, 0.15) is 0 Å². The topological polar surface area (TPSA) is 95.5 Å². The molecule has 136 valence electrons. The Hall–Kier alpha value is -2.13. The van der Waals surface area contributed by atoms with Gasteiger partial charge in [0.15, 0.2) is 5.96 Å². The van der Waals surface area contributed by atoms with Gasteiger partial charge >= 0.3 is 0 Å². The van der Waals surface area contributed by atoms with Crippen LogP contribution in [0.2, 0.25) is 0 Å². The van der Waals surface area contributed by atoms with Gasteiger partial charge < -0.3 is 10.6 Å². The van der Waals surface area contributed by atoms with E-state index in [1.807, 2.05) is 25.3 Å². The number of anilines is 1. The number of nitrogens with one attached hydrogen (secondary N) is 3. The van der Waals surface area contributed by atoms with Crippen LogP contribution in [-0.2, 0) is 23.0 Å². The lowest BCUT2D eigenvalue weighted by Gasteiger charge is -2.14. The fraction of sp³-hybridized carbons (Fsp3) is 0.375. The molecule has 0 unspecified atom stereocenters. The SMILES string of the molecule is CN=C(NCCc1ncc(C)s1)NCc1ccccc1NS(C)(=O)=O. The smallest absolute Gasteiger partial charge is 0.229 e. The van der Waals surface area contributed by atoms with Crippen molar-refractivity contribution in [2.24, 2.45) is 4.99 Å². The van der Waals surface area contributed by atoms with Gasteiger partial charge in [0, 0.05) is 37.6 Å². The zero-order valence-electron chi connectivity index (χ0n) is 14.5. The minimum atomic E-state index is -3.32. The van der Waals surface area contributed by atoms with Gasteiger partial charge in [0.2, 0.25) is 10.0 Å². The Morgan fingerprint density at radius 2 is 2.04 bits per heavy atom. The molecule has 1 aromatic carbocycles. The number of hydrogen-bond acceptors (Lipinski definition) is 5. The predicted molar refractivity (Wildman–Crippen MR) is 104 cm³/mol. The van der Waals surface area contributed by atoms with Crippen LogP contribution in [0.4, 0.5) is 5.69 Å². The molecule has 0 aliphatic carbocycles. The van der Waals surface area contributed by atoms with Crippen molar-refractivity contribution < 1.29 is 8.42 Å². The molecule has 0 saturated heterocycles. The second-order valence-corrected chi connectivity index (χ2v) is 8.57. The largest absolute Gasteiger partial charge is 0.356 e. The monoisotopic (exact) mass is 381 g/mol. The number of benzene rings is 1. The van der Waals surface area contributed by atoms with E-state index < -0.39 is 10.0 Å². The molecule has 9 heteroatoms. The summed E-state index contributed by atoms with van der Waals surface area (Å²) >= 11 is 1.69. The van der Waals surface area contributed by atoms with Crippen LogP contribution >= 0.6 is 11.3 Å². The highest BCUT2D eigenvalue weighted by molar-refractivity contribution is 7.92. The van der Waals surface area contributed by atoms with Gasteiger partial charge in [0.25, 0.3) is 0 Å². The number of sulfonamides is 1. The number of aryl methyl sites for hydroxylation is 1. The van der Waals surface area contributed by atoms with Gasteiger partial charge in [-0.1, -0.05) is 18.2 Å². The number of para-hydroxylation sites is 1. The van der Waals surface area contributed by atoms with Crippen molar-refractivity contribution >= 4 is 33.0 Å². The lowest BCUT2D eigenvalue weighted by Crippen LogP contribution is -2.38. The van der Waals surface area contributed by atoms with Crippen LogP contribution in [0.1, 0.15) is 15.4 Å². The normalized spacial score (nSPS) is 12.0. The Bertz CT molecular complexity index is 831. The van der Waals surface area contributed by atoms with E-state index in [9.17, 15) is 8.42 Å². The molecule has 25 heavy (non-hydrogen) atoms.